The molecule has 0 amide bonds. The topological polar surface area (TPSA) is 75.8 Å². The number of nitrogen functional groups attached to an aromatic ring is 1. The van der Waals surface area contributed by atoms with E-state index in [-0.39, 0.29) is 30.9 Å². The summed E-state index contributed by atoms with van der Waals surface area (Å²) in [7, 11) is 0. The molecule has 5 nitrogen and oxygen atoms in total. The van der Waals surface area contributed by atoms with Crippen LogP contribution in [-0.4, -0.2) is 41.7 Å². The minimum Gasteiger partial charge on any atom is -0.458 e. The molecule has 3 aliphatic heterocycles. The number of carbonyl (C=O) groups is 1. The standard InChI is InChI=1S/C21H24N2O3.2ClH/c22-18-8-4-7-17(13-18)21(25,16-5-2-1-3-6-16)20(24)26-19-14-23-11-9-15(19)10-12-23;;/h1-8,13,15,19,25H,9-12,14,22H2;2*1H/t19-,21?;;/m0../s1. The van der Waals surface area contributed by atoms with E-state index in [1.54, 1.807) is 48.5 Å². The van der Waals surface area contributed by atoms with Crippen LogP contribution in [0.2, 0.25) is 0 Å². The maximum Gasteiger partial charge on any atom is 0.348 e. The van der Waals surface area contributed by atoms with Gasteiger partial charge in [0.1, 0.15) is 6.10 Å². The third kappa shape index (κ3) is 4.13. The van der Waals surface area contributed by atoms with Crippen LogP contribution in [0.3, 0.4) is 0 Å². The minimum atomic E-state index is -1.87. The van der Waals surface area contributed by atoms with Gasteiger partial charge in [-0.2, -0.15) is 0 Å². The number of piperidine rings is 3. The molecule has 2 bridgehead atoms. The summed E-state index contributed by atoms with van der Waals surface area (Å²) in [5.41, 5.74) is 5.43. The summed E-state index contributed by atoms with van der Waals surface area (Å²) in [6.07, 6.45) is 1.92. The van der Waals surface area contributed by atoms with E-state index in [2.05, 4.69) is 4.90 Å². The summed E-state index contributed by atoms with van der Waals surface area (Å²) in [5.74, 6) is -0.252. The molecule has 0 spiro atoms. The normalized spacial score (nSPS) is 25.0. The summed E-state index contributed by atoms with van der Waals surface area (Å²) < 4.78 is 5.87. The number of halogens is 2. The number of nitrogens with two attached hydrogens (primary N) is 1. The Labute approximate surface area is 177 Å². The minimum absolute atomic E-state index is 0. The van der Waals surface area contributed by atoms with Gasteiger partial charge in [-0.25, -0.2) is 4.79 Å². The Balaban J connectivity index is 0.00000140. The first-order valence-electron chi connectivity index (χ1n) is 9.15. The van der Waals surface area contributed by atoms with E-state index in [4.69, 9.17) is 10.5 Å². The maximum atomic E-state index is 13.2. The van der Waals surface area contributed by atoms with Crippen molar-refractivity contribution in [3.05, 3.63) is 65.7 Å². The van der Waals surface area contributed by atoms with Crippen molar-refractivity contribution in [2.45, 2.75) is 24.5 Å². The van der Waals surface area contributed by atoms with Crippen LogP contribution in [0.1, 0.15) is 24.0 Å². The zero-order valence-corrected chi connectivity index (χ0v) is 17.1. The Morgan fingerprint density at radius 1 is 1.04 bits per heavy atom. The predicted octanol–water partition coefficient (Wildman–Crippen LogP) is 2.99. The number of esters is 1. The van der Waals surface area contributed by atoms with Gasteiger partial charge in [-0.15, -0.1) is 24.8 Å². The number of fused-ring (bicyclic) bond motifs is 3. The third-order valence-electron chi connectivity index (χ3n) is 5.65. The molecule has 152 valence electrons. The van der Waals surface area contributed by atoms with Crippen LogP contribution >= 0.6 is 24.8 Å². The van der Waals surface area contributed by atoms with Crippen molar-refractivity contribution < 1.29 is 14.6 Å². The lowest BCUT2D eigenvalue weighted by Crippen LogP contribution is -2.53. The summed E-state index contributed by atoms with van der Waals surface area (Å²) in [5, 5.41) is 11.5. The molecule has 3 aliphatic rings. The van der Waals surface area contributed by atoms with Gasteiger partial charge in [-0.05, 0) is 49.5 Å². The number of anilines is 1. The Morgan fingerprint density at radius 2 is 1.68 bits per heavy atom. The van der Waals surface area contributed by atoms with Crippen LogP contribution < -0.4 is 5.73 Å². The second kappa shape index (κ2) is 9.14. The van der Waals surface area contributed by atoms with Gasteiger partial charge in [-0.1, -0.05) is 42.5 Å². The summed E-state index contributed by atoms with van der Waals surface area (Å²) in [6.45, 7) is 2.88. The van der Waals surface area contributed by atoms with E-state index in [1.807, 2.05) is 6.07 Å². The fourth-order valence-corrected chi connectivity index (χ4v) is 4.11. The van der Waals surface area contributed by atoms with Gasteiger partial charge in [0.2, 0.25) is 5.60 Å². The molecule has 3 saturated heterocycles. The van der Waals surface area contributed by atoms with Gasteiger partial charge in [0, 0.05) is 17.8 Å². The predicted molar refractivity (Wildman–Crippen MR) is 114 cm³/mol. The molecule has 7 heteroatoms. The number of carbonyl (C=O) groups excluding carboxylic acids is 1. The van der Waals surface area contributed by atoms with Gasteiger partial charge in [0.25, 0.3) is 0 Å². The molecule has 0 radical (unpaired) electrons. The molecule has 1 unspecified atom stereocenters. The second-order valence-electron chi connectivity index (χ2n) is 7.28. The van der Waals surface area contributed by atoms with E-state index in [9.17, 15) is 9.90 Å². The molecule has 0 aromatic heterocycles. The third-order valence-corrected chi connectivity index (χ3v) is 5.65. The van der Waals surface area contributed by atoms with Crippen molar-refractivity contribution in [1.29, 1.82) is 0 Å². The van der Waals surface area contributed by atoms with Gasteiger partial charge >= 0.3 is 5.97 Å². The average Bonchev–Trinajstić information content (AvgIpc) is 2.69. The number of rotatable bonds is 4. The van der Waals surface area contributed by atoms with Crippen LogP contribution in [0, 0.1) is 5.92 Å². The van der Waals surface area contributed by atoms with Crippen molar-refractivity contribution in [1.82, 2.24) is 4.90 Å². The van der Waals surface area contributed by atoms with Crippen LogP contribution in [0.25, 0.3) is 0 Å². The van der Waals surface area contributed by atoms with Crippen molar-refractivity contribution >= 4 is 36.5 Å². The molecule has 0 saturated carbocycles. The van der Waals surface area contributed by atoms with Crippen molar-refractivity contribution in [3.63, 3.8) is 0 Å². The Kier molecular flexibility index (Phi) is 7.34. The van der Waals surface area contributed by atoms with E-state index in [1.165, 1.54) is 0 Å². The molecule has 5 rings (SSSR count). The smallest absolute Gasteiger partial charge is 0.348 e. The monoisotopic (exact) mass is 424 g/mol. The molecule has 2 aromatic carbocycles. The van der Waals surface area contributed by atoms with Crippen LogP contribution in [0.5, 0.6) is 0 Å². The van der Waals surface area contributed by atoms with Crippen LogP contribution in [-0.2, 0) is 15.1 Å². The highest BCUT2D eigenvalue weighted by molar-refractivity contribution is 5.86. The SMILES string of the molecule is Cl.Cl.Nc1cccc(C(O)(C(=O)O[C@H]2CN3CCC2CC3)c2ccccc2)c1. The van der Waals surface area contributed by atoms with Crippen LogP contribution in [0.4, 0.5) is 5.69 Å². The molecule has 3 heterocycles. The molecule has 0 aliphatic carbocycles. The molecule has 3 fully saturated rings. The maximum absolute atomic E-state index is 13.2. The Morgan fingerprint density at radius 3 is 2.25 bits per heavy atom. The summed E-state index contributed by atoms with van der Waals surface area (Å²) in [4.78, 5) is 15.5. The number of nitrogens with zero attached hydrogens (tertiary/aromatic N) is 1. The Hall–Kier alpha value is -1.79. The first-order valence-corrected chi connectivity index (χ1v) is 9.15. The highest BCUT2D eigenvalue weighted by Crippen LogP contribution is 2.35. The lowest BCUT2D eigenvalue weighted by Gasteiger charge is -2.44. The number of ether oxygens (including phenoxy) is 1. The zero-order chi connectivity index (χ0) is 18.1. The number of hydrogen-bond donors (Lipinski definition) is 2. The molecule has 28 heavy (non-hydrogen) atoms. The fourth-order valence-electron chi connectivity index (χ4n) is 4.11. The van der Waals surface area contributed by atoms with Crippen LogP contribution in [0.15, 0.2) is 54.6 Å². The van der Waals surface area contributed by atoms with Gasteiger partial charge in [0.05, 0.1) is 0 Å². The molecule has 2 atom stereocenters. The van der Waals surface area contributed by atoms with E-state index in [0.29, 0.717) is 22.7 Å². The van der Waals surface area contributed by atoms with E-state index >= 15 is 0 Å². The van der Waals surface area contributed by atoms with E-state index in [0.717, 1.165) is 32.5 Å². The highest BCUT2D eigenvalue weighted by atomic mass is 35.5. The highest BCUT2D eigenvalue weighted by Gasteiger charge is 2.45. The first kappa shape index (κ1) is 22.5. The Bertz CT molecular complexity index is 797. The van der Waals surface area contributed by atoms with Gasteiger partial charge in [-0.3, -0.25) is 4.90 Å². The summed E-state index contributed by atoms with van der Waals surface area (Å²) >= 11 is 0. The fraction of sp³-hybridized carbons (Fsp3) is 0.381. The van der Waals surface area contributed by atoms with E-state index < -0.39 is 11.6 Å². The number of aliphatic hydroxyl groups is 1. The second-order valence-corrected chi connectivity index (χ2v) is 7.28. The number of hydrogen-bond acceptors (Lipinski definition) is 5. The zero-order valence-electron chi connectivity index (χ0n) is 15.5. The average molecular weight is 425 g/mol. The number of benzene rings is 2. The van der Waals surface area contributed by atoms with Gasteiger partial charge < -0.3 is 15.6 Å². The largest absolute Gasteiger partial charge is 0.458 e. The quantitative estimate of drug-likeness (QED) is 0.582. The summed E-state index contributed by atoms with van der Waals surface area (Å²) in [6, 6.07) is 15.7. The molecule has 3 N–H and O–H groups in total. The molecular formula is C21H26Cl2N2O3. The first-order chi connectivity index (χ1) is 12.6. The van der Waals surface area contributed by atoms with Crippen molar-refractivity contribution in [3.8, 4) is 0 Å². The van der Waals surface area contributed by atoms with Crippen molar-refractivity contribution in [2.75, 3.05) is 25.4 Å². The molecule has 2 aromatic rings. The molecular weight excluding hydrogens is 399 g/mol. The van der Waals surface area contributed by atoms with Gasteiger partial charge in [0.15, 0.2) is 0 Å². The lowest BCUT2D eigenvalue weighted by atomic mass is 9.84. The van der Waals surface area contributed by atoms with Crippen molar-refractivity contribution in [2.24, 2.45) is 5.92 Å². The lowest BCUT2D eigenvalue weighted by molar-refractivity contribution is -0.177.